The van der Waals surface area contributed by atoms with Crippen molar-refractivity contribution in [2.45, 2.75) is 0 Å². The summed E-state index contributed by atoms with van der Waals surface area (Å²) in [5.41, 5.74) is 0.358. The third-order valence-electron chi connectivity index (χ3n) is 1.64. The largest absolute Gasteiger partial charge is 0.507 e. The molecule has 1 aromatic carbocycles. The summed E-state index contributed by atoms with van der Waals surface area (Å²) in [7, 11) is 1.51. The molecule has 4 heteroatoms. The molecule has 0 saturated carbocycles. The molecule has 0 aromatic heterocycles. The van der Waals surface area contributed by atoms with Crippen molar-refractivity contribution in [2.24, 2.45) is 0 Å². The van der Waals surface area contributed by atoms with Crippen LogP contribution < -0.4 is 4.74 Å². The number of carbonyl (C=O) groups is 1. The SMILES string of the molecule is COc1ccc(/C(O)=C/C(=O)F)cc1. The van der Waals surface area contributed by atoms with E-state index in [2.05, 4.69) is 0 Å². The summed E-state index contributed by atoms with van der Waals surface area (Å²) < 4.78 is 16.8. The van der Waals surface area contributed by atoms with Crippen LogP contribution in [0.2, 0.25) is 0 Å². The maximum absolute atomic E-state index is 11.9. The first-order valence-electron chi connectivity index (χ1n) is 3.88. The Morgan fingerprint density at radius 2 is 2.00 bits per heavy atom. The van der Waals surface area contributed by atoms with Gasteiger partial charge in [-0.3, -0.25) is 4.79 Å². The molecular weight excluding hydrogens is 187 g/mol. The standard InChI is InChI=1S/C10H9FO3/c1-14-8-4-2-7(3-5-8)9(12)6-10(11)13/h2-6,12H,1H3/b9-6-. The molecule has 1 rings (SSSR count). The number of ether oxygens (including phenoxy) is 1. The molecule has 14 heavy (non-hydrogen) atoms. The van der Waals surface area contributed by atoms with Crippen molar-refractivity contribution < 1.29 is 19.0 Å². The van der Waals surface area contributed by atoms with Gasteiger partial charge in [0.1, 0.15) is 11.5 Å². The molecule has 3 nitrogen and oxygen atoms in total. The van der Waals surface area contributed by atoms with E-state index in [0.717, 1.165) is 0 Å². The highest BCUT2D eigenvalue weighted by atomic mass is 19.1. The number of hydrogen-bond acceptors (Lipinski definition) is 3. The number of allylic oxidation sites excluding steroid dienone is 1. The number of methoxy groups -OCH3 is 1. The van der Waals surface area contributed by atoms with Gasteiger partial charge in [0.15, 0.2) is 0 Å². The van der Waals surface area contributed by atoms with Crippen molar-refractivity contribution in [3.8, 4) is 5.75 Å². The molecule has 0 aliphatic carbocycles. The second kappa shape index (κ2) is 4.41. The minimum Gasteiger partial charge on any atom is -0.507 e. The van der Waals surface area contributed by atoms with Crippen molar-refractivity contribution in [1.29, 1.82) is 0 Å². The summed E-state index contributed by atoms with van der Waals surface area (Å²) in [4.78, 5) is 10.0. The minimum atomic E-state index is -1.68. The predicted molar refractivity (Wildman–Crippen MR) is 49.7 cm³/mol. The molecule has 0 spiro atoms. The van der Waals surface area contributed by atoms with Crippen LogP contribution in [0.4, 0.5) is 4.39 Å². The van der Waals surface area contributed by atoms with Gasteiger partial charge in [-0.15, -0.1) is 0 Å². The van der Waals surface area contributed by atoms with Gasteiger partial charge in [-0.25, -0.2) is 0 Å². The second-order valence-corrected chi connectivity index (χ2v) is 2.56. The van der Waals surface area contributed by atoms with E-state index in [1.807, 2.05) is 0 Å². The van der Waals surface area contributed by atoms with Gasteiger partial charge >= 0.3 is 6.04 Å². The summed E-state index contributed by atoms with van der Waals surface area (Å²) in [6.45, 7) is 0. The molecule has 74 valence electrons. The maximum Gasteiger partial charge on any atom is 0.328 e. The monoisotopic (exact) mass is 196 g/mol. The van der Waals surface area contributed by atoms with E-state index in [1.54, 1.807) is 12.1 Å². The fraction of sp³-hybridized carbons (Fsp3) is 0.100. The first-order chi connectivity index (χ1) is 6.63. The van der Waals surface area contributed by atoms with Crippen molar-refractivity contribution in [2.75, 3.05) is 7.11 Å². The van der Waals surface area contributed by atoms with Crippen molar-refractivity contribution in [3.05, 3.63) is 35.9 Å². The Kier molecular flexibility index (Phi) is 3.23. The number of hydrogen-bond donors (Lipinski definition) is 1. The Morgan fingerprint density at radius 1 is 1.43 bits per heavy atom. The summed E-state index contributed by atoms with van der Waals surface area (Å²) in [5.74, 6) is 0.216. The minimum absolute atomic E-state index is 0.358. The second-order valence-electron chi connectivity index (χ2n) is 2.56. The molecule has 0 aliphatic heterocycles. The van der Waals surface area contributed by atoms with Crippen LogP contribution in [0, 0.1) is 0 Å². The normalized spacial score (nSPS) is 11.1. The number of aliphatic hydroxyl groups is 1. The Morgan fingerprint density at radius 3 is 2.43 bits per heavy atom. The fourth-order valence-corrected chi connectivity index (χ4v) is 0.953. The van der Waals surface area contributed by atoms with Crippen LogP contribution in [0.25, 0.3) is 5.76 Å². The van der Waals surface area contributed by atoms with E-state index in [4.69, 9.17) is 4.74 Å². The van der Waals surface area contributed by atoms with Gasteiger partial charge in [-0.1, -0.05) is 0 Å². The summed E-state index contributed by atoms with van der Waals surface area (Å²) in [6, 6.07) is 4.56. The predicted octanol–water partition coefficient (Wildman–Crippen LogP) is 2.09. The van der Waals surface area contributed by atoms with Gasteiger partial charge in [0.2, 0.25) is 0 Å². The summed E-state index contributed by atoms with van der Waals surface area (Å²) >= 11 is 0. The van der Waals surface area contributed by atoms with Crippen LogP contribution in [0.5, 0.6) is 5.75 Å². The quantitative estimate of drug-likeness (QED) is 0.457. The van der Waals surface area contributed by atoms with Crippen LogP contribution in [-0.4, -0.2) is 18.3 Å². The van der Waals surface area contributed by atoms with Crippen molar-refractivity contribution in [1.82, 2.24) is 0 Å². The molecule has 0 bridgehead atoms. The Balaban J connectivity index is 2.92. The fourth-order valence-electron chi connectivity index (χ4n) is 0.953. The zero-order valence-corrected chi connectivity index (χ0v) is 7.53. The Labute approximate surface area is 80.4 Å². The molecule has 0 fully saturated rings. The van der Waals surface area contributed by atoms with Crippen LogP contribution >= 0.6 is 0 Å². The van der Waals surface area contributed by atoms with Gasteiger partial charge in [0, 0.05) is 5.56 Å². The lowest BCUT2D eigenvalue weighted by Gasteiger charge is -2.01. The maximum atomic E-state index is 11.9. The highest BCUT2D eigenvalue weighted by Gasteiger charge is 2.01. The zero-order chi connectivity index (χ0) is 10.6. The van der Waals surface area contributed by atoms with Crippen LogP contribution in [0.3, 0.4) is 0 Å². The van der Waals surface area contributed by atoms with Crippen LogP contribution in [0.1, 0.15) is 5.56 Å². The Bertz CT molecular complexity index is 354. The van der Waals surface area contributed by atoms with E-state index < -0.39 is 11.8 Å². The number of aliphatic hydroxyl groups excluding tert-OH is 1. The first kappa shape index (κ1) is 10.2. The lowest BCUT2D eigenvalue weighted by atomic mass is 10.2. The molecule has 0 radical (unpaired) electrons. The van der Waals surface area contributed by atoms with Crippen LogP contribution in [-0.2, 0) is 4.79 Å². The molecule has 0 heterocycles. The highest BCUT2D eigenvalue weighted by Crippen LogP contribution is 2.16. The summed E-state index contributed by atoms with van der Waals surface area (Å²) in [6.07, 6.45) is 0.516. The Hall–Kier alpha value is -1.84. The molecule has 0 aliphatic rings. The van der Waals surface area contributed by atoms with Crippen LogP contribution in [0.15, 0.2) is 30.3 Å². The molecular formula is C10H9FO3. The first-order valence-corrected chi connectivity index (χ1v) is 3.88. The van der Waals surface area contributed by atoms with Crippen molar-refractivity contribution in [3.63, 3.8) is 0 Å². The average Bonchev–Trinajstić information content (AvgIpc) is 2.17. The van der Waals surface area contributed by atoms with Gasteiger partial charge in [0.05, 0.1) is 13.2 Å². The topological polar surface area (TPSA) is 46.5 Å². The third-order valence-corrected chi connectivity index (χ3v) is 1.64. The molecule has 1 aromatic rings. The molecule has 0 amide bonds. The summed E-state index contributed by atoms with van der Waals surface area (Å²) in [5, 5.41) is 9.21. The molecule has 0 atom stereocenters. The van der Waals surface area contributed by atoms with Gasteiger partial charge in [-0.2, -0.15) is 4.39 Å². The molecule has 0 saturated heterocycles. The molecule has 1 N–H and O–H groups in total. The lowest BCUT2D eigenvalue weighted by molar-refractivity contribution is -0.124. The highest BCUT2D eigenvalue weighted by molar-refractivity contribution is 5.88. The number of carbonyl (C=O) groups excluding carboxylic acids is 1. The van der Waals surface area contributed by atoms with Gasteiger partial charge in [-0.05, 0) is 24.3 Å². The van der Waals surface area contributed by atoms with Crippen molar-refractivity contribution >= 4 is 11.8 Å². The zero-order valence-electron chi connectivity index (χ0n) is 7.53. The number of rotatable bonds is 3. The number of benzene rings is 1. The average molecular weight is 196 g/mol. The van der Waals surface area contributed by atoms with E-state index in [1.165, 1.54) is 19.2 Å². The molecule has 0 unspecified atom stereocenters. The van der Waals surface area contributed by atoms with E-state index in [9.17, 15) is 14.3 Å². The van der Waals surface area contributed by atoms with Gasteiger partial charge < -0.3 is 9.84 Å². The van der Waals surface area contributed by atoms with E-state index >= 15 is 0 Å². The van der Waals surface area contributed by atoms with E-state index in [-0.39, 0.29) is 0 Å². The lowest BCUT2D eigenvalue weighted by Crippen LogP contribution is -1.88. The van der Waals surface area contributed by atoms with E-state index in [0.29, 0.717) is 17.4 Å². The third kappa shape index (κ3) is 2.58. The smallest absolute Gasteiger partial charge is 0.328 e. The van der Waals surface area contributed by atoms with Gasteiger partial charge in [0.25, 0.3) is 0 Å². The number of halogens is 1.